The standard InChI is InChI=1S/C33H42O6/c1-19(2)9-11-23-18-32(15-13-20(3)4)28(37)26(27(36)22-10-12-24(34)25(35)17-22)29(38)33(30(32)39,31(23,7)8)16-14-21(5)6/h9-10,12-14,17,23,34-36H,11,15-16,18H2,1-8H3/t23-,32+,33-/m1/s1. The lowest BCUT2D eigenvalue weighted by Crippen LogP contribution is -2.69. The molecule has 1 aromatic rings. The first-order valence-electron chi connectivity index (χ1n) is 13.5. The SMILES string of the molecule is CC(C)=CC[C@@H]1C[C@@]2(CC=C(C)C)C(=O)C(=C(O)c3ccc(O)c(O)c3)C(=O)[C@](CC=C(C)C)(C2=O)C1(C)C. The van der Waals surface area contributed by atoms with Crippen molar-refractivity contribution in [3.63, 3.8) is 0 Å². The lowest BCUT2D eigenvalue weighted by Gasteiger charge is -2.60. The van der Waals surface area contributed by atoms with Gasteiger partial charge in [-0.1, -0.05) is 48.8 Å². The number of aromatic hydroxyl groups is 2. The van der Waals surface area contributed by atoms with E-state index in [0.29, 0.717) is 6.42 Å². The molecule has 6 heteroatoms. The highest BCUT2D eigenvalue weighted by Crippen LogP contribution is 2.65. The molecule has 3 N–H and O–H groups in total. The van der Waals surface area contributed by atoms with Crippen LogP contribution < -0.4 is 0 Å². The van der Waals surface area contributed by atoms with Gasteiger partial charge in [0.15, 0.2) is 28.8 Å². The van der Waals surface area contributed by atoms with Gasteiger partial charge < -0.3 is 15.3 Å². The topological polar surface area (TPSA) is 112 Å². The van der Waals surface area contributed by atoms with Crippen molar-refractivity contribution < 1.29 is 29.7 Å². The number of ketones is 3. The summed E-state index contributed by atoms with van der Waals surface area (Å²) >= 11 is 0. The Hall–Kier alpha value is -3.41. The second kappa shape index (κ2) is 10.6. The number of carbonyl (C=O) groups is 3. The number of allylic oxidation sites excluding steroid dienone is 7. The maximum atomic E-state index is 14.7. The van der Waals surface area contributed by atoms with Crippen LogP contribution in [-0.2, 0) is 14.4 Å². The number of hydrogen-bond donors (Lipinski definition) is 3. The third-order valence-corrected chi connectivity index (χ3v) is 8.79. The van der Waals surface area contributed by atoms with E-state index in [4.69, 9.17) is 0 Å². The first-order chi connectivity index (χ1) is 18.0. The molecule has 2 fully saturated rings. The van der Waals surface area contributed by atoms with Gasteiger partial charge in [-0.05, 0) is 96.8 Å². The minimum Gasteiger partial charge on any atom is -0.506 e. The predicted molar refractivity (Wildman–Crippen MR) is 153 cm³/mol. The molecule has 2 aliphatic carbocycles. The van der Waals surface area contributed by atoms with E-state index in [-0.39, 0.29) is 36.5 Å². The quantitative estimate of drug-likeness (QED) is 0.0853. The Bertz CT molecular complexity index is 1330. The van der Waals surface area contributed by atoms with E-state index in [1.807, 2.05) is 67.5 Å². The van der Waals surface area contributed by atoms with Crippen molar-refractivity contribution in [2.75, 3.05) is 0 Å². The van der Waals surface area contributed by atoms with E-state index in [1.54, 1.807) is 0 Å². The smallest absolute Gasteiger partial charge is 0.184 e. The van der Waals surface area contributed by atoms with Crippen molar-refractivity contribution in [1.29, 1.82) is 0 Å². The van der Waals surface area contributed by atoms with Gasteiger partial charge in [-0.15, -0.1) is 0 Å². The molecule has 3 atom stereocenters. The fourth-order valence-corrected chi connectivity index (χ4v) is 6.20. The van der Waals surface area contributed by atoms with Crippen LogP contribution in [0.25, 0.3) is 5.76 Å². The van der Waals surface area contributed by atoms with E-state index in [9.17, 15) is 29.7 Å². The van der Waals surface area contributed by atoms with Crippen molar-refractivity contribution in [3.8, 4) is 11.5 Å². The normalized spacial score (nSPS) is 27.1. The summed E-state index contributed by atoms with van der Waals surface area (Å²) in [5.41, 5.74) is -1.31. The van der Waals surface area contributed by atoms with Gasteiger partial charge in [0.05, 0.1) is 5.41 Å². The Kier molecular flexibility index (Phi) is 8.21. The van der Waals surface area contributed by atoms with Crippen molar-refractivity contribution in [2.45, 2.75) is 81.1 Å². The summed E-state index contributed by atoms with van der Waals surface area (Å²) in [4.78, 5) is 43.7. The molecule has 0 radical (unpaired) electrons. The Labute approximate surface area is 231 Å². The number of benzene rings is 1. The van der Waals surface area contributed by atoms with Crippen LogP contribution in [0.5, 0.6) is 11.5 Å². The van der Waals surface area contributed by atoms with Crippen molar-refractivity contribution in [3.05, 3.63) is 64.3 Å². The maximum absolute atomic E-state index is 14.7. The number of phenols is 2. The van der Waals surface area contributed by atoms with Gasteiger partial charge in [-0.3, -0.25) is 14.4 Å². The van der Waals surface area contributed by atoms with Gasteiger partial charge >= 0.3 is 0 Å². The lowest BCUT2D eigenvalue weighted by atomic mass is 9.38. The third kappa shape index (κ3) is 4.90. The van der Waals surface area contributed by atoms with Gasteiger partial charge in [0, 0.05) is 5.56 Å². The van der Waals surface area contributed by atoms with Crippen LogP contribution >= 0.6 is 0 Å². The van der Waals surface area contributed by atoms with Gasteiger partial charge in [0.1, 0.15) is 16.7 Å². The summed E-state index contributed by atoms with van der Waals surface area (Å²) in [6.45, 7) is 15.5. The average molecular weight is 535 g/mol. The molecule has 39 heavy (non-hydrogen) atoms. The van der Waals surface area contributed by atoms with Crippen molar-refractivity contribution in [2.24, 2.45) is 22.2 Å². The monoisotopic (exact) mass is 534 g/mol. The number of Topliss-reactive ketones (excluding diaryl/α,β-unsaturated/α-hetero) is 3. The summed E-state index contributed by atoms with van der Waals surface area (Å²) in [6, 6.07) is 3.62. The van der Waals surface area contributed by atoms with E-state index in [2.05, 4.69) is 6.08 Å². The zero-order valence-corrected chi connectivity index (χ0v) is 24.4. The molecular weight excluding hydrogens is 492 g/mol. The maximum Gasteiger partial charge on any atom is 0.184 e. The largest absolute Gasteiger partial charge is 0.506 e. The highest BCUT2D eigenvalue weighted by Gasteiger charge is 2.73. The lowest BCUT2D eigenvalue weighted by molar-refractivity contribution is -0.176. The molecule has 210 valence electrons. The Morgan fingerprint density at radius 3 is 1.95 bits per heavy atom. The van der Waals surface area contributed by atoms with E-state index >= 15 is 0 Å². The predicted octanol–water partition coefficient (Wildman–Crippen LogP) is 7.18. The van der Waals surface area contributed by atoms with Crippen LogP contribution in [0, 0.1) is 22.2 Å². The molecule has 0 unspecified atom stereocenters. The zero-order valence-electron chi connectivity index (χ0n) is 24.4. The third-order valence-electron chi connectivity index (χ3n) is 8.79. The molecule has 0 spiro atoms. The van der Waals surface area contributed by atoms with Crippen LogP contribution in [0.3, 0.4) is 0 Å². The van der Waals surface area contributed by atoms with Gasteiger partial charge in [0.25, 0.3) is 0 Å². The molecule has 1 aromatic carbocycles. The molecule has 0 amide bonds. The fraction of sp³-hybridized carbons (Fsp3) is 0.485. The fourth-order valence-electron chi connectivity index (χ4n) is 6.20. The number of carbonyl (C=O) groups excluding carboxylic acids is 3. The minimum absolute atomic E-state index is 0.0167. The summed E-state index contributed by atoms with van der Waals surface area (Å²) < 4.78 is 0. The van der Waals surface area contributed by atoms with Crippen LogP contribution in [0.1, 0.15) is 86.6 Å². The second-order valence-corrected chi connectivity index (χ2v) is 12.5. The summed E-state index contributed by atoms with van der Waals surface area (Å²) in [7, 11) is 0. The number of fused-ring (bicyclic) bond motifs is 2. The number of phenolic OH excluding ortho intramolecular Hbond substituents is 2. The van der Waals surface area contributed by atoms with Crippen LogP contribution in [0.4, 0.5) is 0 Å². The number of rotatable bonds is 7. The highest BCUT2D eigenvalue weighted by molar-refractivity contribution is 6.41. The highest BCUT2D eigenvalue weighted by atomic mass is 16.3. The van der Waals surface area contributed by atoms with Gasteiger partial charge in [-0.25, -0.2) is 0 Å². The van der Waals surface area contributed by atoms with E-state index in [0.717, 1.165) is 22.8 Å². The van der Waals surface area contributed by atoms with Crippen LogP contribution in [0.15, 0.2) is 58.7 Å². The molecular formula is C33H42O6. The molecule has 0 aliphatic heterocycles. The van der Waals surface area contributed by atoms with E-state index in [1.165, 1.54) is 12.1 Å². The molecule has 3 rings (SSSR count). The number of aliphatic hydroxyl groups excluding tert-OH is 1. The summed E-state index contributed by atoms with van der Waals surface area (Å²) in [5, 5.41) is 31.3. The molecule has 2 aliphatic rings. The number of aliphatic hydroxyl groups is 1. The molecule has 2 bridgehead atoms. The van der Waals surface area contributed by atoms with Gasteiger partial charge in [0.2, 0.25) is 0 Å². The first-order valence-corrected chi connectivity index (χ1v) is 13.5. The first kappa shape index (κ1) is 30.1. The van der Waals surface area contributed by atoms with Crippen molar-refractivity contribution in [1.82, 2.24) is 0 Å². The molecule has 0 saturated heterocycles. The van der Waals surface area contributed by atoms with Gasteiger partial charge in [-0.2, -0.15) is 0 Å². The van der Waals surface area contributed by atoms with E-state index < -0.39 is 50.6 Å². The minimum atomic E-state index is -1.58. The molecule has 0 heterocycles. The second-order valence-electron chi connectivity index (χ2n) is 12.5. The zero-order chi connectivity index (χ0) is 29.5. The summed E-state index contributed by atoms with van der Waals surface area (Å²) in [6.07, 6.45) is 6.98. The Balaban J connectivity index is 2.45. The summed E-state index contributed by atoms with van der Waals surface area (Å²) in [5.74, 6) is -3.35. The van der Waals surface area contributed by atoms with Crippen molar-refractivity contribution >= 4 is 23.1 Å². The molecule has 6 nitrogen and oxygen atoms in total. The Morgan fingerprint density at radius 1 is 0.846 bits per heavy atom. The molecule has 0 aromatic heterocycles. The average Bonchev–Trinajstić information content (AvgIpc) is 2.83. The number of hydrogen-bond acceptors (Lipinski definition) is 6. The van der Waals surface area contributed by atoms with Crippen LogP contribution in [0.2, 0.25) is 0 Å². The molecule has 2 saturated carbocycles. The Morgan fingerprint density at radius 2 is 1.41 bits per heavy atom. The van der Waals surface area contributed by atoms with Crippen LogP contribution in [-0.4, -0.2) is 32.7 Å².